The lowest BCUT2D eigenvalue weighted by Crippen LogP contribution is -2.45. The highest BCUT2D eigenvalue weighted by molar-refractivity contribution is 7.99. The van der Waals surface area contributed by atoms with Crippen LogP contribution >= 0.6 is 11.8 Å². The fourth-order valence-corrected chi connectivity index (χ4v) is 2.74. The molecule has 14 heavy (non-hydrogen) atoms. The molecular weight excluding hydrogens is 192 g/mol. The molecule has 0 bridgehead atoms. The van der Waals surface area contributed by atoms with E-state index in [1.54, 1.807) is 0 Å². The maximum absolute atomic E-state index is 3.58. The quantitative estimate of drug-likeness (QED) is 0.707. The van der Waals surface area contributed by atoms with Gasteiger partial charge >= 0.3 is 0 Å². The largest absolute Gasteiger partial charge is 0.315 e. The van der Waals surface area contributed by atoms with Gasteiger partial charge in [-0.15, -0.1) is 0 Å². The standard InChI is InChI=1S/C11H24N2S/c1-3-10(4-2)7-12-8-11-9-14-6-5-13-11/h10-13H,3-9H2,1-2H3. The first-order chi connectivity index (χ1) is 6.86. The van der Waals surface area contributed by atoms with Gasteiger partial charge in [-0.3, -0.25) is 0 Å². The summed E-state index contributed by atoms with van der Waals surface area (Å²) < 4.78 is 0. The zero-order valence-electron chi connectivity index (χ0n) is 9.51. The molecule has 0 aromatic rings. The van der Waals surface area contributed by atoms with E-state index >= 15 is 0 Å². The summed E-state index contributed by atoms with van der Waals surface area (Å²) in [6.45, 7) is 8.08. The van der Waals surface area contributed by atoms with Crippen molar-refractivity contribution < 1.29 is 0 Å². The van der Waals surface area contributed by atoms with Crippen LogP contribution in [-0.2, 0) is 0 Å². The van der Waals surface area contributed by atoms with Crippen LogP contribution in [-0.4, -0.2) is 37.2 Å². The first-order valence-electron chi connectivity index (χ1n) is 5.88. The van der Waals surface area contributed by atoms with Crippen LogP contribution in [0.15, 0.2) is 0 Å². The second kappa shape index (κ2) is 7.55. The van der Waals surface area contributed by atoms with Crippen molar-refractivity contribution in [1.82, 2.24) is 10.6 Å². The first kappa shape index (κ1) is 12.3. The lowest BCUT2D eigenvalue weighted by Gasteiger charge is -2.24. The molecule has 1 atom stereocenters. The van der Waals surface area contributed by atoms with Gasteiger partial charge in [-0.05, 0) is 12.5 Å². The van der Waals surface area contributed by atoms with Gasteiger partial charge in [0.05, 0.1) is 0 Å². The average molecular weight is 216 g/mol. The average Bonchev–Trinajstić information content (AvgIpc) is 2.26. The molecular formula is C11H24N2S. The van der Waals surface area contributed by atoms with Crippen LogP contribution in [0.1, 0.15) is 26.7 Å². The normalized spacial score (nSPS) is 22.9. The summed E-state index contributed by atoms with van der Waals surface area (Å²) in [7, 11) is 0. The van der Waals surface area contributed by atoms with Crippen molar-refractivity contribution in [1.29, 1.82) is 0 Å². The van der Waals surface area contributed by atoms with Crippen molar-refractivity contribution >= 4 is 11.8 Å². The van der Waals surface area contributed by atoms with Crippen LogP contribution in [0.2, 0.25) is 0 Å². The van der Waals surface area contributed by atoms with E-state index in [0.717, 1.165) is 12.5 Å². The van der Waals surface area contributed by atoms with E-state index in [9.17, 15) is 0 Å². The summed E-state index contributed by atoms with van der Waals surface area (Å²) in [4.78, 5) is 0. The van der Waals surface area contributed by atoms with Gasteiger partial charge in [0.15, 0.2) is 0 Å². The predicted octanol–water partition coefficient (Wildman–Crippen LogP) is 1.72. The number of hydrogen-bond donors (Lipinski definition) is 2. The van der Waals surface area contributed by atoms with Crippen molar-refractivity contribution in [3.63, 3.8) is 0 Å². The molecule has 1 aliphatic heterocycles. The third-order valence-corrected chi connectivity index (χ3v) is 4.11. The van der Waals surface area contributed by atoms with Gasteiger partial charge < -0.3 is 10.6 Å². The van der Waals surface area contributed by atoms with Crippen LogP contribution < -0.4 is 10.6 Å². The van der Waals surface area contributed by atoms with Gasteiger partial charge in [-0.1, -0.05) is 26.7 Å². The molecule has 0 amide bonds. The summed E-state index contributed by atoms with van der Waals surface area (Å²) in [5.41, 5.74) is 0. The van der Waals surface area contributed by atoms with Crippen molar-refractivity contribution in [2.45, 2.75) is 32.7 Å². The Morgan fingerprint density at radius 3 is 2.79 bits per heavy atom. The van der Waals surface area contributed by atoms with E-state index < -0.39 is 0 Å². The maximum atomic E-state index is 3.58. The third kappa shape index (κ3) is 4.67. The van der Waals surface area contributed by atoms with E-state index in [1.165, 1.54) is 37.4 Å². The molecule has 3 heteroatoms. The maximum Gasteiger partial charge on any atom is 0.0283 e. The molecule has 0 spiro atoms. The highest BCUT2D eigenvalue weighted by atomic mass is 32.2. The first-order valence-corrected chi connectivity index (χ1v) is 7.04. The SMILES string of the molecule is CCC(CC)CNCC1CSCCN1. The molecule has 84 valence electrons. The molecule has 0 aromatic heterocycles. The summed E-state index contributed by atoms with van der Waals surface area (Å²) >= 11 is 2.07. The summed E-state index contributed by atoms with van der Waals surface area (Å²) in [5, 5.41) is 7.13. The highest BCUT2D eigenvalue weighted by Gasteiger charge is 2.12. The number of hydrogen-bond acceptors (Lipinski definition) is 3. The van der Waals surface area contributed by atoms with Gasteiger partial charge in [0.1, 0.15) is 0 Å². The van der Waals surface area contributed by atoms with Crippen LogP contribution in [0.25, 0.3) is 0 Å². The fourth-order valence-electron chi connectivity index (χ4n) is 1.79. The van der Waals surface area contributed by atoms with Crippen LogP contribution in [0, 0.1) is 5.92 Å². The zero-order chi connectivity index (χ0) is 10.2. The molecule has 1 heterocycles. The second-order valence-corrected chi connectivity index (χ2v) is 5.22. The van der Waals surface area contributed by atoms with Gasteiger partial charge in [0.2, 0.25) is 0 Å². The smallest absolute Gasteiger partial charge is 0.0283 e. The molecule has 0 radical (unpaired) electrons. The Kier molecular flexibility index (Phi) is 6.65. The van der Waals surface area contributed by atoms with Gasteiger partial charge in [0.25, 0.3) is 0 Å². The Hall–Kier alpha value is 0.270. The van der Waals surface area contributed by atoms with Crippen molar-refractivity contribution in [3.05, 3.63) is 0 Å². The van der Waals surface area contributed by atoms with E-state index in [1.807, 2.05) is 0 Å². The molecule has 0 aromatic carbocycles. The fraction of sp³-hybridized carbons (Fsp3) is 1.00. The van der Waals surface area contributed by atoms with Crippen LogP contribution in [0.5, 0.6) is 0 Å². The summed E-state index contributed by atoms with van der Waals surface area (Å²) in [5.74, 6) is 3.42. The Labute approximate surface area is 92.6 Å². The van der Waals surface area contributed by atoms with E-state index in [-0.39, 0.29) is 0 Å². The Balaban J connectivity index is 2.01. The molecule has 1 saturated heterocycles. The lowest BCUT2D eigenvalue weighted by molar-refractivity contribution is 0.426. The number of thioether (sulfide) groups is 1. The molecule has 1 fully saturated rings. The molecule has 0 saturated carbocycles. The Morgan fingerprint density at radius 2 is 2.21 bits per heavy atom. The van der Waals surface area contributed by atoms with E-state index in [0.29, 0.717) is 6.04 Å². The molecule has 0 aliphatic carbocycles. The lowest BCUT2D eigenvalue weighted by atomic mass is 10.0. The second-order valence-electron chi connectivity index (χ2n) is 4.07. The van der Waals surface area contributed by atoms with Crippen LogP contribution in [0.4, 0.5) is 0 Å². The third-order valence-electron chi connectivity index (χ3n) is 2.98. The predicted molar refractivity (Wildman–Crippen MR) is 66.1 cm³/mol. The minimum atomic E-state index is 0.697. The van der Waals surface area contributed by atoms with Crippen LogP contribution in [0.3, 0.4) is 0 Å². The molecule has 1 rings (SSSR count). The minimum absolute atomic E-state index is 0.697. The Morgan fingerprint density at radius 1 is 1.43 bits per heavy atom. The topological polar surface area (TPSA) is 24.1 Å². The van der Waals surface area contributed by atoms with Gasteiger partial charge in [-0.2, -0.15) is 11.8 Å². The molecule has 2 N–H and O–H groups in total. The molecule has 1 unspecified atom stereocenters. The number of nitrogens with one attached hydrogen (secondary N) is 2. The van der Waals surface area contributed by atoms with Gasteiger partial charge in [0, 0.05) is 30.6 Å². The van der Waals surface area contributed by atoms with Crippen molar-refractivity contribution in [3.8, 4) is 0 Å². The van der Waals surface area contributed by atoms with Crippen molar-refractivity contribution in [2.24, 2.45) is 5.92 Å². The van der Waals surface area contributed by atoms with E-state index in [2.05, 4.69) is 36.2 Å². The zero-order valence-corrected chi connectivity index (χ0v) is 10.3. The minimum Gasteiger partial charge on any atom is -0.315 e. The Bertz CT molecular complexity index is 131. The van der Waals surface area contributed by atoms with Gasteiger partial charge in [-0.25, -0.2) is 0 Å². The highest BCUT2D eigenvalue weighted by Crippen LogP contribution is 2.08. The summed E-state index contributed by atoms with van der Waals surface area (Å²) in [6.07, 6.45) is 2.60. The molecule has 2 nitrogen and oxygen atoms in total. The van der Waals surface area contributed by atoms with E-state index in [4.69, 9.17) is 0 Å². The number of rotatable bonds is 6. The monoisotopic (exact) mass is 216 g/mol. The molecule has 1 aliphatic rings. The van der Waals surface area contributed by atoms with Crippen molar-refractivity contribution in [2.75, 3.05) is 31.1 Å². The summed E-state index contributed by atoms with van der Waals surface area (Å²) in [6, 6.07) is 0.697.